The molecule has 1 aliphatic heterocycles. The molecule has 1 heterocycles. The van der Waals surface area contributed by atoms with Crippen LogP contribution in [0.3, 0.4) is 0 Å². The fourth-order valence-corrected chi connectivity index (χ4v) is 4.31. The van der Waals surface area contributed by atoms with Gasteiger partial charge >= 0.3 is 11.9 Å². The molecule has 0 aromatic heterocycles. The van der Waals surface area contributed by atoms with Gasteiger partial charge in [-0.05, 0) is 42.3 Å². The van der Waals surface area contributed by atoms with Gasteiger partial charge in [0.1, 0.15) is 6.10 Å². The van der Waals surface area contributed by atoms with Gasteiger partial charge in [-0.3, -0.25) is 0 Å². The van der Waals surface area contributed by atoms with E-state index in [1.165, 1.54) is 22.6 Å². The van der Waals surface area contributed by atoms with E-state index in [1.54, 1.807) is 18.2 Å². The average molecular weight is 506 g/mol. The largest absolute Gasteiger partial charge is 0.478 e. The molecule has 0 amide bonds. The number of nitrogens with zero attached hydrogens (tertiary/aromatic N) is 2. The minimum atomic E-state index is -1.19. The number of carbonyl (C=O) groups excluding carboxylic acids is 1. The van der Waals surface area contributed by atoms with Gasteiger partial charge < -0.3 is 15.6 Å². The van der Waals surface area contributed by atoms with Gasteiger partial charge in [0.2, 0.25) is 0 Å². The molecule has 0 spiro atoms. The Labute approximate surface area is 221 Å². The number of anilines is 2. The molecule has 2 atom stereocenters. The van der Waals surface area contributed by atoms with Gasteiger partial charge in [0.15, 0.2) is 6.19 Å². The number of para-hydroxylation sites is 2. The van der Waals surface area contributed by atoms with Crippen LogP contribution in [-0.2, 0) is 11.2 Å². The number of carbonyl (C=O) groups is 2. The molecule has 0 bridgehead atoms. The number of aromatic carboxylic acids is 1. The van der Waals surface area contributed by atoms with Crippen molar-refractivity contribution in [3.8, 4) is 6.19 Å². The molecule has 4 aromatic carbocycles. The summed E-state index contributed by atoms with van der Waals surface area (Å²) in [5.41, 5.74) is 9.59. The van der Waals surface area contributed by atoms with Crippen LogP contribution in [0.1, 0.15) is 56.5 Å². The van der Waals surface area contributed by atoms with Crippen molar-refractivity contribution in [2.45, 2.75) is 25.5 Å². The third kappa shape index (κ3) is 5.72. The quantitative estimate of drug-likeness (QED) is 0.252. The minimum Gasteiger partial charge on any atom is -0.478 e. The summed E-state index contributed by atoms with van der Waals surface area (Å²) in [5.74, 6) is -1.91. The second kappa shape index (κ2) is 11.9. The van der Waals surface area contributed by atoms with Crippen molar-refractivity contribution >= 4 is 23.3 Å². The van der Waals surface area contributed by atoms with Gasteiger partial charge in [0, 0.05) is 18.0 Å². The molecule has 7 nitrogen and oxygen atoms in total. The molecule has 0 aliphatic carbocycles. The van der Waals surface area contributed by atoms with Crippen LogP contribution in [-0.4, -0.2) is 17.0 Å². The summed E-state index contributed by atoms with van der Waals surface area (Å²) in [4.78, 5) is 25.8. The topological polar surface area (TPSA) is 117 Å². The number of nitrogens with two attached hydrogens (primary N) is 1. The summed E-state index contributed by atoms with van der Waals surface area (Å²) in [6, 6.07) is 30.9. The van der Waals surface area contributed by atoms with Gasteiger partial charge in [-0.25, -0.2) is 14.5 Å². The summed E-state index contributed by atoms with van der Waals surface area (Å²) in [6.07, 6.45) is 1.90. The number of hydrogen-bond donors (Lipinski definition) is 2. The zero-order valence-corrected chi connectivity index (χ0v) is 20.8. The number of benzene rings is 4. The van der Waals surface area contributed by atoms with Crippen LogP contribution in [0.15, 0.2) is 103 Å². The predicted molar refractivity (Wildman–Crippen MR) is 145 cm³/mol. The highest BCUT2D eigenvalue weighted by atomic mass is 16.5. The van der Waals surface area contributed by atoms with Crippen LogP contribution < -0.4 is 10.6 Å². The number of nitriles is 1. The third-order valence-electron chi connectivity index (χ3n) is 6.21. The summed E-state index contributed by atoms with van der Waals surface area (Å²) in [5, 5.41) is 19.1. The number of esters is 1. The van der Waals surface area contributed by atoms with E-state index in [9.17, 15) is 20.0 Å². The molecule has 0 unspecified atom stereocenters. The molecular formula is C31H27N3O4. The van der Waals surface area contributed by atoms with Gasteiger partial charge in [-0.2, -0.15) is 5.26 Å². The van der Waals surface area contributed by atoms with E-state index in [2.05, 4.69) is 6.19 Å². The second-order valence-electron chi connectivity index (χ2n) is 8.77. The lowest BCUT2D eigenvalue weighted by molar-refractivity contribution is 0.0295. The van der Waals surface area contributed by atoms with Crippen molar-refractivity contribution in [1.29, 1.82) is 5.26 Å². The SMILES string of the molecule is C[C@H](N)c1ccccc1.N#CN1c2ccccc2C[C@H](OC(=O)c2ccccc2C(=O)O)c2ccccc21. The van der Waals surface area contributed by atoms with Crippen molar-refractivity contribution in [2.24, 2.45) is 5.73 Å². The van der Waals surface area contributed by atoms with Crippen LogP contribution in [0.5, 0.6) is 0 Å². The molecule has 0 saturated heterocycles. The molecule has 4 aromatic rings. The molecule has 0 saturated carbocycles. The molecular weight excluding hydrogens is 478 g/mol. The van der Waals surface area contributed by atoms with E-state index in [-0.39, 0.29) is 17.2 Å². The Hall–Kier alpha value is -4.93. The normalized spacial score (nSPS) is 14.3. The Kier molecular flexibility index (Phi) is 8.17. The minimum absolute atomic E-state index is 0.00727. The zero-order chi connectivity index (χ0) is 27.1. The smallest absolute Gasteiger partial charge is 0.339 e. The molecule has 1 aliphatic rings. The fourth-order valence-electron chi connectivity index (χ4n) is 4.31. The van der Waals surface area contributed by atoms with E-state index in [4.69, 9.17) is 10.5 Å². The Morgan fingerprint density at radius 1 is 0.895 bits per heavy atom. The van der Waals surface area contributed by atoms with Gasteiger partial charge in [-0.15, -0.1) is 0 Å². The molecule has 38 heavy (non-hydrogen) atoms. The first kappa shape index (κ1) is 26.1. The van der Waals surface area contributed by atoms with E-state index in [1.807, 2.05) is 79.7 Å². The van der Waals surface area contributed by atoms with E-state index in [0.29, 0.717) is 17.7 Å². The Balaban J connectivity index is 0.000000317. The standard InChI is InChI=1S/C23H16N2O4.C8H11N/c24-14-25-19-11-5-1-7-15(19)13-21(18-10-4-6-12-20(18)25)29-23(28)17-9-3-2-8-16(17)22(26)27;1-7(9)8-5-3-2-4-6-8/h1-12,21H,13H2,(H,26,27);2-7H,9H2,1H3/t21-;7-/m00/s1. The summed E-state index contributed by atoms with van der Waals surface area (Å²) >= 11 is 0. The van der Waals surface area contributed by atoms with Crippen LogP contribution >= 0.6 is 0 Å². The predicted octanol–water partition coefficient (Wildman–Crippen LogP) is 6.16. The van der Waals surface area contributed by atoms with Crippen LogP contribution in [0.25, 0.3) is 0 Å². The lowest BCUT2D eigenvalue weighted by atomic mass is 10.0. The van der Waals surface area contributed by atoms with E-state index >= 15 is 0 Å². The highest BCUT2D eigenvalue weighted by Crippen LogP contribution is 2.41. The Morgan fingerprint density at radius 2 is 1.47 bits per heavy atom. The first-order valence-electron chi connectivity index (χ1n) is 12.1. The first-order chi connectivity index (χ1) is 18.4. The zero-order valence-electron chi connectivity index (χ0n) is 20.8. The maximum atomic E-state index is 12.9. The van der Waals surface area contributed by atoms with Crippen molar-refractivity contribution in [3.05, 3.63) is 131 Å². The Bertz CT molecular complexity index is 1480. The molecule has 0 radical (unpaired) electrons. The lowest BCUT2D eigenvalue weighted by Crippen LogP contribution is -2.17. The van der Waals surface area contributed by atoms with Crippen molar-refractivity contribution in [3.63, 3.8) is 0 Å². The number of carboxylic acid groups (broad SMARTS) is 1. The van der Waals surface area contributed by atoms with Crippen molar-refractivity contribution in [2.75, 3.05) is 4.90 Å². The van der Waals surface area contributed by atoms with Crippen molar-refractivity contribution in [1.82, 2.24) is 0 Å². The molecule has 5 rings (SSSR count). The second-order valence-corrected chi connectivity index (χ2v) is 8.77. The molecule has 190 valence electrons. The maximum Gasteiger partial charge on any atom is 0.339 e. The van der Waals surface area contributed by atoms with E-state index in [0.717, 1.165) is 11.3 Å². The first-order valence-corrected chi connectivity index (χ1v) is 12.1. The average Bonchev–Trinajstić information content (AvgIpc) is 3.08. The maximum absolute atomic E-state index is 12.9. The van der Waals surface area contributed by atoms with E-state index < -0.39 is 18.0 Å². The van der Waals surface area contributed by atoms with Crippen molar-refractivity contribution < 1.29 is 19.4 Å². The summed E-state index contributed by atoms with van der Waals surface area (Å²) in [6.45, 7) is 1.98. The number of ether oxygens (including phenoxy) is 1. The number of hydrogen-bond acceptors (Lipinski definition) is 6. The highest BCUT2D eigenvalue weighted by molar-refractivity contribution is 6.02. The van der Waals surface area contributed by atoms with Crippen LogP contribution in [0.2, 0.25) is 0 Å². The molecule has 0 fully saturated rings. The molecule has 7 heteroatoms. The van der Waals surface area contributed by atoms with Gasteiger partial charge in [0.25, 0.3) is 0 Å². The number of rotatable bonds is 4. The number of carboxylic acids is 1. The monoisotopic (exact) mass is 505 g/mol. The highest BCUT2D eigenvalue weighted by Gasteiger charge is 2.30. The fraction of sp³-hybridized carbons (Fsp3) is 0.129. The van der Waals surface area contributed by atoms with Gasteiger partial charge in [-0.1, -0.05) is 78.9 Å². The summed E-state index contributed by atoms with van der Waals surface area (Å²) in [7, 11) is 0. The molecule has 3 N–H and O–H groups in total. The van der Waals surface area contributed by atoms with Crippen LogP contribution in [0, 0.1) is 11.5 Å². The number of fused-ring (bicyclic) bond motifs is 2. The lowest BCUT2D eigenvalue weighted by Gasteiger charge is -2.20. The van der Waals surface area contributed by atoms with Gasteiger partial charge in [0.05, 0.1) is 22.5 Å². The Morgan fingerprint density at radius 3 is 2.11 bits per heavy atom. The van der Waals surface area contributed by atoms with Crippen LogP contribution in [0.4, 0.5) is 11.4 Å². The third-order valence-corrected chi connectivity index (χ3v) is 6.21. The summed E-state index contributed by atoms with van der Waals surface area (Å²) < 4.78 is 5.79.